The predicted octanol–water partition coefficient (Wildman–Crippen LogP) is 2.46. The first-order valence-electron chi connectivity index (χ1n) is 6.79. The van der Waals surface area contributed by atoms with Crippen molar-refractivity contribution in [2.45, 2.75) is 5.60 Å². The molecule has 1 unspecified atom stereocenters. The molecule has 2 aromatic carbocycles. The van der Waals surface area contributed by atoms with Gasteiger partial charge >= 0.3 is 0 Å². The average Bonchev–Trinajstić information content (AvgIpc) is 3.00. The molecular weight excluding hydrogens is 300 g/mol. The molecule has 4 rings (SSSR count). The Morgan fingerprint density at radius 2 is 2.05 bits per heavy atom. The number of amidine groups is 1. The second-order valence-corrected chi connectivity index (χ2v) is 5.85. The van der Waals surface area contributed by atoms with Crippen LogP contribution in [0.5, 0.6) is 0 Å². The highest BCUT2D eigenvalue weighted by molar-refractivity contribution is 6.30. The van der Waals surface area contributed by atoms with Crippen molar-refractivity contribution in [1.82, 2.24) is 9.78 Å². The van der Waals surface area contributed by atoms with Crippen LogP contribution in [0.15, 0.2) is 47.6 Å². The Morgan fingerprint density at radius 1 is 1.23 bits per heavy atom. The average molecular weight is 313 g/mol. The van der Waals surface area contributed by atoms with Crippen LogP contribution < -0.4 is 5.73 Å². The lowest BCUT2D eigenvalue weighted by molar-refractivity contribution is 0.159. The number of hydrogen-bond donors (Lipinski definition) is 2. The normalized spacial score (nSPS) is 20.2. The molecule has 22 heavy (non-hydrogen) atoms. The third-order valence-electron chi connectivity index (χ3n) is 4.13. The number of halogens is 1. The van der Waals surface area contributed by atoms with Crippen molar-refractivity contribution < 1.29 is 5.11 Å². The van der Waals surface area contributed by atoms with Gasteiger partial charge in [0.25, 0.3) is 0 Å². The second kappa shape index (κ2) is 4.32. The molecule has 0 amide bonds. The van der Waals surface area contributed by atoms with Crippen molar-refractivity contribution in [3.8, 4) is 0 Å². The van der Waals surface area contributed by atoms with Crippen LogP contribution in [-0.4, -0.2) is 20.7 Å². The van der Waals surface area contributed by atoms with Crippen molar-refractivity contribution in [3.63, 3.8) is 0 Å². The summed E-state index contributed by atoms with van der Waals surface area (Å²) < 4.78 is 1.75. The molecule has 1 aromatic heterocycles. The molecule has 6 heteroatoms. The molecule has 2 heterocycles. The monoisotopic (exact) mass is 312 g/mol. The molecule has 0 aliphatic carbocycles. The van der Waals surface area contributed by atoms with Crippen molar-refractivity contribution in [2.75, 3.05) is 0 Å². The van der Waals surface area contributed by atoms with Crippen molar-refractivity contribution >= 4 is 34.0 Å². The van der Waals surface area contributed by atoms with Crippen LogP contribution in [-0.2, 0) is 12.6 Å². The van der Waals surface area contributed by atoms with E-state index in [9.17, 15) is 5.11 Å². The first-order chi connectivity index (χ1) is 10.5. The number of nitrogens with zero attached hydrogens (tertiary/aromatic N) is 3. The Kier molecular flexibility index (Phi) is 2.61. The minimum absolute atomic E-state index is 0.145. The highest BCUT2D eigenvalue weighted by Crippen LogP contribution is 2.43. The zero-order chi connectivity index (χ0) is 15.5. The summed E-state index contributed by atoms with van der Waals surface area (Å²) >= 11 is 6.07. The lowest BCUT2D eigenvalue weighted by Gasteiger charge is -2.25. The number of aliphatic imine (C=N–C) groups is 1. The smallest absolute Gasteiger partial charge is 0.174 e. The van der Waals surface area contributed by atoms with Gasteiger partial charge < -0.3 is 10.8 Å². The molecule has 5 nitrogen and oxygen atoms in total. The maximum absolute atomic E-state index is 11.3. The Morgan fingerprint density at radius 3 is 2.86 bits per heavy atom. The standard InChI is InChI=1S/C16H13ClN4O/c1-21-14-6-10(3-2-9(14)8-19-21)16(22)12-7-11(17)4-5-13(12)20-15(16)18/h2-8,22H,1H3,(H2,18,20). The zero-order valence-corrected chi connectivity index (χ0v) is 12.5. The van der Waals surface area contributed by atoms with Gasteiger partial charge in [0.1, 0.15) is 5.84 Å². The first kappa shape index (κ1) is 13.3. The summed E-state index contributed by atoms with van der Waals surface area (Å²) in [4.78, 5) is 4.28. The van der Waals surface area contributed by atoms with Gasteiger partial charge in [-0.15, -0.1) is 0 Å². The fourth-order valence-corrected chi connectivity index (χ4v) is 3.09. The summed E-state index contributed by atoms with van der Waals surface area (Å²) in [6.07, 6.45) is 1.78. The van der Waals surface area contributed by atoms with E-state index in [0.29, 0.717) is 21.8 Å². The quantitative estimate of drug-likeness (QED) is 0.724. The Hall–Kier alpha value is -2.37. The summed E-state index contributed by atoms with van der Waals surface area (Å²) in [5.74, 6) is 0.145. The summed E-state index contributed by atoms with van der Waals surface area (Å²) in [5.41, 5.74) is 7.35. The largest absolute Gasteiger partial charge is 0.384 e. The molecule has 3 N–H and O–H groups in total. The summed E-state index contributed by atoms with van der Waals surface area (Å²) in [6, 6.07) is 10.8. The van der Waals surface area contributed by atoms with Gasteiger partial charge in [0, 0.05) is 23.0 Å². The SMILES string of the molecule is Cn1ncc2ccc(C3(O)C(N)=Nc4ccc(Cl)cc43)cc21. The van der Waals surface area contributed by atoms with Crippen LogP contribution in [0.4, 0.5) is 5.69 Å². The molecule has 0 saturated carbocycles. The number of hydrogen-bond acceptors (Lipinski definition) is 4. The first-order valence-corrected chi connectivity index (χ1v) is 7.17. The predicted molar refractivity (Wildman–Crippen MR) is 86.4 cm³/mol. The topological polar surface area (TPSA) is 76.4 Å². The minimum atomic E-state index is -1.47. The fraction of sp³-hybridized carbons (Fsp3) is 0.125. The van der Waals surface area contributed by atoms with Crippen molar-refractivity contribution in [2.24, 2.45) is 17.8 Å². The van der Waals surface area contributed by atoms with Crippen LogP contribution in [0, 0.1) is 0 Å². The maximum Gasteiger partial charge on any atom is 0.174 e. The molecule has 1 aliphatic rings. The lowest BCUT2D eigenvalue weighted by atomic mass is 9.86. The van der Waals surface area contributed by atoms with Crippen LogP contribution in [0.25, 0.3) is 10.9 Å². The number of aromatic nitrogens is 2. The fourth-order valence-electron chi connectivity index (χ4n) is 2.92. The number of fused-ring (bicyclic) bond motifs is 2. The Bertz CT molecular complexity index is 946. The number of benzene rings is 2. The van der Waals surface area contributed by atoms with E-state index in [0.717, 1.165) is 10.9 Å². The van der Waals surface area contributed by atoms with Gasteiger partial charge in [-0.25, -0.2) is 4.99 Å². The summed E-state index contributed by atoms with van der Waals surface area (Å²) in [7, 11) is 1.85. The molecule has 0 bridgehead atoms. The second-order valence-electron chi connectivity index (χ2n) is 5.41. The van der Waals surface area contributed by atoms with E-state index in [-0.39, 0.29) is 5.84 Å². The molecular formula is C16H13ClN4O. The molecule has 0 saturated heterocycles. The highest BCUT2D eigenvalue weighted by atomic mass is 35.5. The number of aliphatic hydroxyl groups is 1. The van der Waals surface area contributed by atoms with Gasteiger partial charge in [0.05, 0.1) is 17.4 Å². The van der Waals surface area contributed by atoms with Gasteiger partial charge in [0.2, 0.25) is 0 Å². The van der Waals surface area contributed by atoms with Crippen LogP contribution in [0.2, 0.25) is 5.02 Å². The molecule has 0 fully saturated rings. The Labute approximate surface area is 131 Å². The van der Waals surface area contributed by atoms with E-state index in [1.165, 1.54) is 0 Å². The minimum Gasteiger partial charge on any atom is -0.384 e. The molecule has 1 aliphatic heterocycles. The Balaban J connectivity index is 1.99. The van der Waals surface area contributed by atoms with Crippen LogP contribution >= 0.6 is 11.6 Å². The van der Waals surface area contributed by atoms with Gasteiger partial charge in [0.15, 0.2) is 5.60 Å². The molecule has 110 valence electrons. The van der Waals surface area contributed by atoms with Crippen molar-refractivity contribution in [1.29, 1.82) is 0 Å². The van der Waals surface area contributed by atoms with E-state index in [1.807, 2.05) is 25.2 Å². The number of aryl methyl sites for hydroxylation is 1. The third kappa shape index (κ3) is 1.63. The number of rotatable bonds is 1. The number of nitrogens with two attached hydrogens (primary N) is 1. The van der Waals surface area contributed by atoms with E-state index in [1.54, 1.807) is 29.1 Å². The van der Waals surface area contributed by atoms with Crippen LogP contribution in [0.3, 0.4) is 0 Å². The van der Waals surface area contributed by atoms with Crippen molar-refractivity contribution in [3.05, 3.63) is 58.7 Å². The molecule has 3 aromatic rings. The zero-order valence-electron chi connectivity index (χ0n) is 11.8. The van der Waals surface area contributed by atoms with Crippen LogP contribution in [0.1, 0.15) is 11.1 Å². The van der Waals surface area contributed by atoms with Gasteiger partial charge in [-0.2, -0.15) is 5.10 Å². The van der Waals surface area contributed by atoms with E-state index >= 15 is 0 Å². The third-order valence-corrected chi connectivity index (χ3v) is 4.36. The maximum atomic E-state index is 11.3. The highest BCUT2D eigenvalue weighted by Gasteiger charge is 2.42. The molecule has 0 radical (unpaired) electrons. The summed E-state index contributed by atoms with van der Waals surface area (Å²) in [6.45, 7) is 0. The van der Waals surface area contributed by atoms with E-state index in [4.69, 9.17) is 17.3 Å². The van der Waals surface area contributed by atoms with Gasteiger partial charge in [-0.1, -0.05) is 23.7 Å². The molecule has 1 atom stereocenters. The molecule has 0 spiro atoms. The summed E-state index contributed by atoms with van der Waals surface area (Å²) in [5, 5.41) is 17.0. The van der Waals surface area contributed by atoms with Gasteiger partial charge in [-0.05, 0) is 29.8 Å². The van der Waals surface area contributed by atoms with Gasteiger partial charge in [-0.3, -0.25) is 4.68 Å². The lowest BCUT2D eigenvalue weighted by Crippen LogP contribution is -2.39. The van der Waals surface area contributed by atoms with E-state index < -0.39 is 5.60 Å². The van der Waals surface area contributed by atoms with E-state index in [2.05, 4.69) is 10.1 Å².